The van der Waals surface area contributed by atoms with Gasteiger partial charge in [0, 0.05) is 6.07 Å². The van der Waals surface area contributed by atoms with E-state index >= 15 is 0 Å². The normalized spacial score (nSPS) is 11.4. The lowest BCUT2D eigenvalue weighted by molar-refractivity contribution is 0.0149. The molecule has 0 amide bonds. The molecule has 3 aromatic rings. The van der Waals surface area contributed by atoms with E-state index in [4.69, 9.17) is 14.2 Å². The second-order valence-corrected chi connectivity index (χ2v) is 5.65. The third kappa shape index (κ3) is 3.05. The number of aromatic nitrogens is 4. The average Bonchev–Trinajstić information content (AvgIpc) is 2.99. The maximum atomic E-state index is 12.8. The Morgan fingerprint density at radius 3 is 2.36 bits per heavy atom. The van der Waals surface area contributed by atoms with Crippen LogP contribution < -0.4 is 20.5 Å². The first-order valence-electron chi connectivity index (χ1n) is 7.63. The van der Waals surface area contributed by atoms with Crippen molar-refractivity contribution in [3.63, 3.8) is 0 Å². The molecule has 0 bridgehead atoms. The van der Waals surface area contributed by atoms with Crippen molar-refractivity contribution >= 4 is 21.9 Å². The molecule has 0 aliphatic heterocycles. The minimum Gasteiger partial charge on any atom is -0.493 e. The molecule has 1 aromatic carbocycles. The molecule has 0 spiro atoms. The van der Waals surface area contributed by atoms with Gasteiger partial charge in [0.15, 0.2) is 29.3 Å². The molecule has 2 aromatic heterocycles. The van der Waals surface area contributed by atoms with Crippen LogP contribution >= 0.6 is 0 Å². The number of ether oxygens (including phenoxy) is 3. The number of rotatable bonds is 5. The molecule has 0 fully saturated rings. The minimum atomic E-state index is -0.523. The SMILES string of the molecule is COc1cc2[nH]c(=O)c3nn(COC(C)C)nc3c(=O)c2cc1OC. The highest BCUT2D eigenvalue weighted by molar-refractivity contribution is 5.88. The molecule has 0 unspecified atom stereocenters. The van der Waals surface area contributed by atoms with Crippen molar-refractivity contribution in [2.45, 2.75) is 26.7 Å². The number of nitrogens with zero attached hydrogens (tertiary/aromatic N) is 3. The van der Waals surface area contributed by atoms with Gasteiger partial charge in [-0.15, -0.1) is 10.2 Å². The molecule has 0 radical (unpaired) electrons. The summed E-state index contributed by atoms with van der Waals surface area (Å²) in [4.78, 5) is 29.1. The van der Waals surface area contributed by atoms with Crippen LogP contribution in [0.1, 0.15) is 13.8 Å². The van der Waals surface area contributed by atoms with Crippen molar-refractivity contribution < 1.29 is 14.2 Å². The molecule has 3 rings (SSSR count). The molecule has 0 atom stereocenters. The van der Waals surface area contributed by atoms with E-state index in [-0.39, 0.29) is 29.3 Å². The molecule has 1 N–H and O–H groups in total. The molecular formula is C16H18N4O5. The predicted molar refractivity (Wildman–Crippen MR) is 91.2 cm³/mol. The molecule has 2 heterocycles. The summed E-state index contributed by atoms with van der Waals surface area (Å²) in [6, 6.07) is 3.04. The van der Waals surface area contributed by atoms with Gasteiger partial charge in [-0.2, -0.15) is 4.80 Å². The van der Waals surface area contributed by atoms with Gasteiger partial charge in [-0.1, -0.05) is 0 Å². The van der Waals surface area contributed by atoms with Crippen molar-refractivity contribution in [3.8, 4) is 11.5 Å². The van der Waals surface area contributed by atoms with Gasteiger partial charge in [-0.3, -0.25) is 9.59 Å². The van der Waals surface area contributed by atoms with Crippen LogP contribution in [-0.2, 0) is 11.5 Å². The fourth-order valence-electron chi connectivity index (χ4n) is 2.41. The van der Waals surface area contributed by atoms with Crippen molar-refractivity contribution in [1.82, 2.24) is 20.0 Å². The number of fused-ring (bicyclic) bond motifs is 2. The fourth-order valence-corrected chi connectivity index (χ4v) is 2.41. The molecule has 9 heteroatoms. The molecule has 0 aliphatic rings. The Morgan fingerprint density at radius 1 is 1.08 bits per heavy atom. The standard InChI is InChI=1S/C16H18N4O5/c1-8(2)25-7-20-18-13-14(19-20)16(22)17-10-6-12(24-4)11(23-3)5-9(10)15(13)21/h5-6,8H,7H2,1-4H3,(H,17,22). The summed E-state index contributed by atoms with van der Waals surface area (Å²) in [7, 11) is 2.94. The number of benzene rings is 1. The van der Waals surface area contributed by atoms with Gasteiger partial charge in [0.05, 0.1) is 31.2 Å². The Balaban J connectivity index is 2.31. The molecule has 25 heavy (non-hydrogen) atoms. The zero-order valence-electron chi connectivity index (χ0n) is 14.3. The maximum Gasteiger partial charge on any atom is 0.278 e. The Kier molecular flexibility index (Phi) is 4.41. The third-order valence-electron chi connectivity index (χ3n) is 3.63. The van der Waals surface area contributed by atoms with Gasteiger partial charge < -0.3 is 19.2 Å². The van der Waals surface area contributed by atoms with E-state index in [2.05, 4.69) is 15.2 Å². The highest BCUT2D eigenvalue weighted by Crippen LogP contribution is 2.29. The summed E-state index contributed by atoms with van der Waals surface area (Å²) in [5.74, 6) is 0.778. The van der Waals surface area contributed by atoms with Crippen LogP contribution in [0.25, 0.3) is 21.9 Å². The molecule has 0 saturated heterocycles. The fraction of sp³-hybridized carbons (Fsp3) is 0.375. The highest BCUT2D eigenvalue weighted by atomic mass is 16.5. The van der Waals surface area contributed by atoms with Crippen LogP contribution in [-0.4, -0.2) is 40.3 Å². The quantitative estimate of drug-likeness (QED) is 0.735. The second kappa shape index (κ2) is 6.52. The molecule has 0 aliphatic carbocycles. The van der Waals surface area contributed by atoms with E-state index in [0.29, 0.717) is 17.0 Å². The second-order valence-electron chi connectivity index (χ2n) is 5.65. The number of hydrogen-bond acceptors (Lipinski definition) is 7. The molecular weight excluding hydrogens is 328 g/mol. The molecule has 0 saturated carbocycles. The number of nitrogens with one attached hydrogen (secondary N) is 1. The van der Waals surface area contributed by atoms with Crippen LogP contribution in [0.3, 0.4) is 0 Å². The van der Waals surface area contributed by atoms with Crippen LogP contribution in [0.5, 0.6) is 11.5 Å². The molecule has 9 nitrogen and oxygen atoms in total. The van der Waals surface area contributed by atoms with Gasteiger partial charge >= 0.3 is 0 Å². The van der Waals surface area contributed by atoms with E-state index in [1.807, 2.05) is 13.8 Å². The van der Waals surface area contributed by atoms with Gasteiger partial charge in [0.25, 0.3) is 5.56 Å². The minimum absolute atomic E-state index is 0.0316. The summed E-state index contributed by atoms with van der Waals surface area (Å²) in [6.45, 7) is 3.77. The van der Waals surface area contributed by atoms with Crippen molar-refractivity contribution in [2.24, 2.45) is 0 Å². The maximum absolute atomic E-state index is 12.8. The van der Waals surface area contributed by atoms with Gasteiger partial charge in [-0.25, -0.2) is 0 Å². The van der Waals surface area contributed by atoms with E-state index in [1.54, 1.807) is 0 Å². The summed E-state index contributed by atoms with van der Waals surface area (Å²) in [5, 5.41) is 8.43. The Labute approximate surface area is 142 Å². The van der Waals surface area contributed by atoms with Crippen LogP contribution in [0.4, 0.5) is 0 Å². The smallest absolute Gasteiger partial charge is 0.278 e. The van der Waals surface area contributed by atoms with Crippen LogP contribution in [0.15, 0.2) is 21.7 Å². The Bertz CT molecular complexity index is 1050. The van der Waals surface area contributed by atoms with Gasteiger partial charge in [0.2, 0.25) is 5.43 Å². The van der Waals surface area contributed by atoms with Gasteiger partial charge in [0.1, 0.15) is 0 Å². The Morgan fingerprint density at radius 2 is 1.72 bits per heavy atom. The first-order chi connectivity index (χ1) is 11.9. The van der Waals surface area contributed by atoms with Crippen LogP contribution in [0, 0.1) is 0 Å². The third-order valence-corrected chi connectivity index (χ3v) is 3.63. The monoisotopic (exact) mass is 346 g/mol. The average molecular weight is 346 g/mol. The Hall–Kier alpha value is -2.94. The number of hydrogen-bond donors (Lipinski definition) is 1. The van der Waals surface area contributed by atoms with E-state index in [0.717, 1.165) is 0 Å². The lowest BCUT2D eigenvalue weighted by Crippen LogP contribution is -2.12. The number of H-pyrrole nitrogens is 1. The highest BCUT2D eigenvalue weighted by Gasteiger charge is 2.15. The summed E-state index contributed by atoms with van der Waals surface area (Å²) < 4.78 is 15.8. The van der Waals surface area contributed by atoms with Crippen molar-refractivity contribution in [3.05, 3.63) is 32.7 Å². The largest absolute Gasteiger partial charge is 0.493 e. The van der Waals surface area contributed by atoms with E-state index in [9.17, 15) is 9.59 Å². The molecule has 132 valence electrons. The van der Waals surface area contributed by atoms with Crippen molar-refractivity contribution in [2.75, 3.05) is 14.2 Å². The lowest BCUT2D eigenvalue weighted by Gasteiger charge is -2.07. The summed E-state index contributed by atoms with van der Waals surface area (Å²) in [5.41, 5.74) is -0.718. The zero-order valence-corrected chi connectivity index (χ0v) is 14.3. The van der Waals surface area contributed by atoms with Gasteiger partial charge in [-0.05, 0) is 19.9 Å². The van der Waals surface area contributed by atoms with Crippen LogP contribution in [0.2, 0.25) is 0 Å². The summed E-state index contributed by atoms with van der Waals surface area (Å²) in [6.07, 6.45) is -0.0345. The zero-order chi connectivity index (χ0) is 18.1. The topological polar surface area (TPSA) is 108 Å². The van der Waals surface area contributed by atoms with E-state index < -0.39 is 11.0 Å². The predicted octanol–water partition coefficient (Wildman–Crippen LogP) is 1.03. The number of aromatic amines is 1. The van der Waals surface area contributed by atoms with Crippen molar-refractivity contribution in [1.29, 1.82) is 0 Å². The summed E-state index contributed by atoms with van der Waals surface area (Å²) >= 11 is 0. The first-order valence-corrected chi connectivity index (χ1v) is 7.63. The number of methoxy groups -OCH3 is 2. The first kappa shape index (κ1) is 16.9. The van der Waals surface area contributed by atoms with E-state index in [1.165, 1.54) is 31.1 Å². The lowest BCUT2D eigenvalue weighted by atomic mass is 10.2.